The molecule has 1 unspecified atom stereocenters. The number of halogens is 1. The van der Waals surface area contributed by atoms with Crippen LogP contribution in [-0.4, -0.2) is 18.7 Å². The topological polar surface area (TPSA) is 45.0 Å². The van der Waals surface area contributed by atoms with Crippen LogP contribution < -0.4 is 10.1 Å². The van der Waals surface area contributed by atoms with Crippen LogP contribution in [0.4, 0.5) is 4.39 Å². The molecular formula is C16H23FN2O. The molecule has 1 atom stereocenters. The molecule has 0 aliphatic rings. The lowest BCUT2D eigenvalue weighted by molar-refractivity contribution is 0.283. The molecule has 0 radical (unpaired) electrons. The van der Waals surface area contributed by atoms with E-state index >= 15 is 0 Å². The van der Waals surface area contributed by atoms with Crippen molar-refractivity contribution in [1.82, 2.24) is 5.32 Å². The number of nitrogens with zero attached hydrogens (tertiary/aromatic N) is 1. The standard InChI is InChI=1S/C16H23FN2O/c1-3-11-19-16(2,13-18)10-6-7-12-20-15-9-5-4-8-14(15)17/h4-5,8-9,19H,3,6-7,10-12H2,1-2H3. The summed E-state index contributed by atoms with van der Waals surface area (Å²) in [6, 6.07) is 8.72. The maximum atomic E-state index is 13.3. The fourth-order valence-electron chi connectivity index (χ4n) is 1.91. The van der Waals surface area contributed by atoms with Crippen LogP contribution in [0.2, 0.25) is 0 Å². The second kappa shape index (κ2) is 8.55. The molecule has 0 heterocycles. The highest BCUT2D eigenvalue weighted by Crippen LogP contribution is 2.17. The lowest BCUT2D eigenvalue weighted by atomic mass is 9.96. The van der Waals surface area contributed by atoms with Crippen LogP contribution in [0, 0.1) is 17.1 Å². The largest absolute Gasteiger partial charge is 0.491 e. The van der Waals surface area contributed by atoms with E-state index in [4.69, 9.17) is 4.74 Å². The van der Waals surface area contributed by atoms with Gasteiger partial charge in [-0.15, -0.1) is 0 Å². The van der Waals surface area contributed by atoms with Gasteiger partial charge in [0.2, 0.25) is 0 Å². The number of para-hydroxylation sites is 1. The highest BCUT2D eigenvalue weighted by molar-refractivity contribution is 5.23. The number of ether oxygens (including phenoxy) is 1. The van der Waals surface area contributed by atoms with Crippen LogP contribution in [0.1, 0.15) is 39.5 Å². The van der Waals surface area contributed by atoms with Gasteiger partial charge >= 0.3 is 0 Å². The Balaban J connectivity index is 2.25. The van der Waals surface area contributed by atoms with Gasteiger partial charge in [0.05, 0.1) is 12.7 Å². The molecule has 1 N–H and O–H groups in total. The van der Waals surface area contributed by atoms with E-state index in [-0.39, 0.29) is 5.82 Å². The van der Waals surface area contributed by atoms with Gasteiger partial charge in [0.1, 0.15) is 5.54 Å². The Bertz CT molecular complexity index is 444. The molecule has 0 saturated carbocycles. The van der Waals surface area contributed by atoms with Crippen molar-refractivity contribution in [2.75, 3.05) is 13.2 Å². The maximum Gasteiger partial charge on any atom is 0.165 e. The van der Waals surface area contributed by atoms with Crippen LogP contribution in [-0.2, 0) is 0 Å². The zero-order valence-electron chi connectivity index (χ0n) is 12.3. The number of hydrogen-bond acceptors (Lipinski definition) is 3. The highest BCUT2D eigenvalue weighted by Gasteiger charge is 2.21. The normalized spacial score (nSPS) is 13.5. The molecule has 0 saturated heterocycles. The van der Waals surface area contributed by atoms with E-state index in [1.165, 1.54) is 6.07 Å². The van der Waals surface area contributed by atoms with E-state index in [9.17, 15) is 9.65 Å². The molecule has 4 heteroatoms. The number of rotatable bonds is 9. The first-order chi connectivity index (χ1) is 9.61. The Morgan fingerprint density at radius 2 is 2.10 bits per heavy atom. The summed E-state index contributed by atoms with van der Waals surface area (Å²) >= 11 is 0. The van der Waals surface area contributed by atoms with Gasteiger partial charge in [0.15, 0.2) is 11.6 Å². The SMILES string of the molecule is CCCNC(C)(C#N)CCCCOc1ccccc1F. The van der Waals surface area contributed by atoms with Crippen molar-refractivity contribution in [2.45, 2.75) is 45.1 Å². The lowest BCUT2D eigenvalue weighted by Gasteiger charge is -2.22. The van der Waals surface area contributed by atoms with E-state index < -0.39 is 5.54 Å². The third kappa shape index (κ3) is 5.58. The number of nitrogens with one attached hydrogen (secondary N) is 1. The van der Waals surface area contributed by atoms with Crippen molar-refractivity contribution >= 4 is 0 Å². The molecule has 1 aromatic carbocycles. The third-order valence-corrected chi connectivity index (χ3v) is 3.18. The van der Waals surface area contributed by atoms with E-state index in [0.717, 1.165) is 32.2 Å². The lowest BCUT2D eigenvalue weighted by Crippen LogP contribution is -2.41. The summed E-state index contributed by atoms with van der Waals surface area (Å²) < 4.78 is 18.7. The minimum atomic E-state index is -0.478. The van der Waals surface area contributed by atoms with E-state index in [0.29, 0.717) is 12.4 Å². The minimum Gasteiger partial charge on any atom is -0.491 e. The monoisotopic (exact) mass is 278 g/mol. The quantitative estimate of drug-likeness (QED) is 0.701. The molecule has 0 spiro atoms. The summed E-state index contributed by atoms with van der Waals surface area (Å²) in [7, 11) is 0. The first kappa shape index (κ1) is 16.5. The number of hydrogen-bond donors (Lipinski definition) is 1. The molecular weight excluding hydrogens is 255 g/mol. The minimum absolute atomic E-state index is 0.291. The molecule has 0 bridgehead atoms. The Kier molecular flexibility index (Phi) is 7.03. The van der Waals surface area contributed by atoms with Gasteiger partial charge in [-0.3, -0.25) is 5.32 Å². The average Bonchev–Trinajstić information content (AvgIpc) is 2.46. The van der Waals surface area contributed by atoms with Crippen LogP contribution >= 0.6 is 0 Å². The zero-order valence-corrected chi connectivity index (χ0v) is 12.3. The van der Waals surface area contributed by atoms with Gasteiger partial charge in [-0.2, -0.15) is 5.26 Å². The van der Waals surface area contributed by atoms with Crippen molar-refractivity contribution in [1.29, 1.82) is 5.26 Å². The first-order valence-electron chi connectivity index (χ1n) is 7.15. The molecule has 110 valence electrons. The van der Waals surface area contributed by atoms with Gasteiger partial charge in [0, 0.05) is 0 Å². The molecule has 0 fully saturated rings. The summed E-state index contributed by atoms with van der Waals surface area (Å²) in [5.41, 5.74) is -0.478. The summed E-state index contributed by atoms with van der Waals surface area (Å²) in [6.07, 6.45) is 3.45. The highest BCUT2D eigenvalue weighted by atomic mass is 19.1. The number of unbranched alkanes of at least 4 members (excludes halogenated alkanes) is 1. The number of nitriles is 1. The molecule has 0 amide bonds. The van der Waals surface area contributed by atoms with Crippen molar-refractivity contribution < 1.29 is 9.13 Å². The second-order valence-corrected chi connectivity index (χ2v) is 5.11. The van der Waals surface area contributed by atoms with Gasteiger partial charge in [-0.05, 0) is 51.3 Å². The summed E-state index contributed by atoms with van der Waals surface area (Å²) in [4.78, 5) is 0. The van der Waals surface area contributed by atoms with Crippen LogP contribution in [0.25, 0.3) is 0 Å². The summed E-state index contributed by atoms with van der Waals surface area (Å²) in [5, 5.41) is 12.4. The van der Waals surface area contributed by atoms with E-state index in [1.807, 2.05) is 6.92 Å². The van der Waals surface area contributed by atoms with E-state index in [2.05, 4.69) is 18.3 Å². The van der Waals surface area contributed by atoms with Gasteiger partial charge in [-0.25, -0.2) is 4.39 Å². The molecule has 0 aliphatic heterocycles. The Labute approximate surface area is 120 Å². The Hall–Kier alpha value is -1.60. The predicted octanol–water partition coefficient (Wildman–Crippen LogP) is 3.66. The average molecular weight is 278 g/mol. The van der Waals surface area contributed by atoms with Gasteiger partial charge in [-0.1, -0.05) is 19.1 Å². The fourth-order valence-corrected chi connectivity index (χ4v) is 1.91. The smallest absolute Gasteiger partial charge is 0.165 e. The maximum absolute atomic E-state index is 13.3. The molecule has 1 aromatic rings. The summed E-state index contributed by atoms with van der Waals surface area (Å²) in [5.74, 6) is -0.0429. The Morgan fingerprint density at radius 3 is 2.75 bits per heavy atom. The van der Waals surface area contributed by atoms with Gasteiger partial charge < -0.3 is 4.74 Å². The molecule has 0 aliphatic carbocycles. The van der Waals surface area contributed by atoms with Crippen molar-refractivity contribution in [3.63, 3.8) is 0 Å². The molecule has 1 rings (SSSR count). The number of benzene rings is 1. The van der Waals surface area contributed by atoms with Crippen molar-refractivity contribution in [2.24, 2.45) is 0 Å². The van der Waals surface area contributed by atoms with Gasteiger partial charge in [0.25, 0.3) is 0 Å². The van der Waals surface area contributed by atoms with E-state index in [1.54, 1.807) is 18.2 Å². The second-order valence-electron chi connectivity index (χ2n) is 5.11. The van der Waals surface area contributed by atoms with Crippen molar-refractivity contribution in [3.05, 3.63) is 30.1 Å². The van der Waals surface area contributed by atoms with Crippen LogP contribution in [0.15, 0.2) is 24.3 Å². The van der Waals surface area contributed by atoms with Crippen LogP contribution in [0.5, 0.6) is 5.75 Å². The molecule has 3 nitrogen and oxygen atoms in total. The first-order valence-corrected chi connectivity index (χ1v) is 7.15. The van der Waals surface area contributed by atoms with Crippen molar-refractivity contribution in [3.8, 4) is 11.8 Å². The zero-order chi connectivity index (χ0) is 14.8. The predicted molar refractivity (Wildman–Crippen MR) is 78.1 cm³/mol. The molecule has 20 heavy (non-hydrogen) atoms. The fraction of sp³-hybridized carbons (Fsp3) is 0.562. The molecule has 0 aromatic heterocycles. The third-order valence-electron chi connectivity index (χ3n) is 3.18. The summed E-state index contributed by atoms with van der Waals surface area (Å²) in [6.45, 7) is 5.30. The van der Waals surface area contributed by atoms with Crippen LogP contribution in [0.3, 0.4) is 0 Å². The Morgan fingerprint density at radius 1 is 1.35 bits per heavy atom.